The second-order valence-corrected chi connectivity index (χ2v) is 5.10. The van der Waals surface area contributed by atoms with Gasteiger partial charge in [-0.2, -0.15) is 26.3 Å². The van der Waals surface area contributed by atoms with E-state index in [0.29, 0.717) is 0 Å². The Bertz CT molecular complexity index is 693. The van der Waals surface area contributed by atoms with Crippen LogP contribution in [-0.4, -0.2) is 23.6 Å². The van der Waals surface area contributed by atoms with Crippen molar-refractivity contribution in [3.05, 3.63) is 71.8 Å². The molecule has 4 nitrogen and oxygen atoms in total. The first-order valence-corrected chi connectivity index (χ1v) is 7.03. The van der Waals surface area contributed by atoms with Crippen molar-refractivity contribution in [1.29, 1.82) is 0 Å². The van der Waals surface area contributed by atoms with Crippen LogP contribution in [0.2, 0.25) is 0 Å². The second-order valence-electron chi connectivity index (χ2n) is 5.10. The number of primary amides is 1. The van der Waals surface area contributed by atoms with Crippen LogP contribution in [0, 0.1) is 0 Å². The minimum absolute atomic E-state index is 0.294. The largest absolute Gasteiger partial charge is 0.490 e. The molecule has 0 unspecified atom stereocenters. The predicted molar refractivity (Wildman–Crippen MR) is 77.9 cm³/mol. The average Bonchev–Trinajstić information content (AvgIpc) is 2.55. The van der Waals surface area contributed by atoms with Gasteiger partial charge in [0.2, 0.25) is 5.60 Å². The molecule has 0 saturated carbocycles. The summed E-state index contributed by atoms with van der Waals surface area (Å²) in [5.74, 6) is -1.55. The molecule has 0 saturated heterocycles. The topological polar surface area (TPSA) is 55.6 Å². The van der Waals surface area contributed by atoms with Crippen LogP contribution in [0.3, 0.4) is 0 Å². The molecule has 0 spiro atoms. The minimum Gasteiger partial charge on any atom is -0.366 e. The van der Waals surface area contributed by atoms with E-state index >= 15 is 0 Å². The highest BCUT2D eigenvalue weighted by Crippen LogP contribution is 2.42. The number of benzene rings is 2. The van der Waals surface area contributed by atoms with E-state index in [4.69, 9.17) is 5.73 Å². The molecule has 1 amide bonds. The van der Waals surface area contributed by atoms with Crippen LogP contribution < -0.4 is 5.73 Å². The van der Waals surface area contributed by atoms with Gasteiger partial charge in [0.25, 0.3) is 5.91 Å². The number of nitrogens with two attached hydrogens (primary N) is 1. The SMILES string of the molecule is NC(=O)C(ON(C(F)(F)F)C(F)(F)F)(c1ccccc1)c1ccccc1. The molecule has 26 heavy (non-hydrogen) atoms. The lowest BCUT2D eigenvalue weighted by atomic mass is 9.85. The van der Waals surface area contributed by atoms with Gasteiger partial charge in [-0.1, -0.05) is 60.7 Å². The Hall–Kier alpha value is -2.59. The zero-order chi connectivity index (χ0) is 19.6. The van der Waals surface area contributed by atoms with Gasteiger partial charge in [-0.25, -0.2) is 0 Å². The van der Waals surface area contributed by atoms with Crippen LogP contribution in [0.5, 0.6) is 0 Å². The molecule has 10 heteroatoms. The summed E-state index contributed by atoms with van der Waals surface area (Å²) in [7, 11) is 0. The van der Waals surface area contributed by atoms with Gasteiger partial charge in [-0.15, -0.1) is 0 Å². The number of alkyl halides is 6. The lowest BCUT2D eigenvalue weighted by Crippen LogP contribution is -2.56. The molecule has 0 atom stereocenters. The molecule has 140 valence electrons. The van der Waals surface area contributed by atoms with Crippen LogP contribution in [0.15, 0.2) is 60.7 Å². The molecule has 0 aliphatic heterocycles. The van der Waals surface area contributed by atoms with Crippen LogP contribution in [0.4, 0.5) is 26.3 Å². The fourth-order valence-electron chi connectivity index (χ4n) is 2.33. The third-order valence-electron chi connectivity index (χ3n) is 3.40. The highest BCUT2D eigenvalue weighted by Gasteiger charge is 2.60. The van der Waals surface area contributed by atoms with Gasteiger partial charge in [0.1, 0.15) is 0 Å². The number of rotatable bonds is 5. The highest BCUT2D eigenvalue weighted by molar-refractivity contribution is 5.89. The summed E-state index contributed by atoms with van der Waals surface area (Å²) in [6.07, 6.45) is -11.9. The Labute approximate surface area is 143 Å². The molecule has 0 heterocycles. The van der Waals surface area contributed by atoms with Gasteiger partial charge in [0, 0.05) is 5.06 Å². The lowest BCUT2D eigenvalue weighted by Gasteiger charge is -2.37. The van der Waals surface area contributed by atoms with Crippen molar-refractivity contribution in [1.82, 2.24) is 5.06 Å². The number of halogens is 6. The molecule has 0 radical (unpaired) electrons. The Morgan fingerprint density at radius 3 is 1.38 bits per heavy atom. The van der Waals surface area contributed by atoms with E-state index < -0.39 is 29.2 Å². The summed E-state index contributed by atoms with van der Waals surface area (Å²) >= 11 is 0. The molecular weight excluding hydrogens is 366 g/mol. The zero-order valence-corrected chi connectivity index (χ0v) is 12.9. The summed E-state index contributed by atoms with van der Waals surface area (Å²) < 4.78 is 77.8. The lowest BCUT2D eigenvalue weighted by molar-refractivity contribution is -0.497. The third-order valence-corrected chi connectivity index (χ3v) is 3.40. The van der Waals surface area contributed by atoms with Crippen molar-refractivity contribution < 1.29 is 36.0 Å². The van der Waals surface area contributed by atoms with Gasteiger partial charge in [-0.3, -0.25) is 9.63 Å². The Kier molecular flexibility index (Phi) is 5.28. The first-order chi connectivity index (χ1) is 12.0. The number of carbonyl (C=O) groups excluding carboxylic acids is 1. The third kappa shape index (κ3) is 3.81. The van der Waals surface area contributed by atoms with Crippen LogP contribution in [-0.2, 0) is 15.2 Å². The number of nitrogens with zero attached hydrogens (tertiary/aromatic N) is 1. The molecule has 0 aromatic heterocycles. The van der Waals surface area contributed by atoms with E-state index in [1.807, 2.05) is 0 Å². The molecule has 2 rings (SSSR count). The number of hydrogen-bond donors (Lipinski definition) is 1. The van der Waals surface area contributed by atoms with Gasteiger partial charge in [0.05, 0.1) is 0 Å². The van der Waals surface area contributed by atoms with Crippen molar-refractivity contribution in [2.45, 2.75) is 18.2 Å². The van der Waals surface area contributed by atoms with Crippen LogP contribution >= 0.6 is 0 Å². The molecule has 0 aliphatic rings. The van der Waals surface area contributed by atoms with Crippen molar-refractivity contribution in [2.24, 2.45) is 5.73 Å². The predicted octanol–water partition coefficient (Wildman–Crippen LogP) is 3.69. The summed E-state index contributed by atoms with van der Waals surface area (Å²) in [6, 6.07) is 12.8. The standard InChI is InChI=1S/C16H12F6N2O2/c17-15(18,19)24(16(20,21)22)26-14(13(23)25,11-7-3-1-4-8-11)12-9-5-2-6-10-12/h1-10H,(H2,23,25). The summed E-state index contributed by atoms with van der Waals surface area (Å²) in [4.78, 5) is 16.5. The van der Waals surface area contributed by atoms with Crippen molar-refractivity contribution in [2.75, 3.05) is 0 Å². The van der Waals surface area contributed by atoms with Gasteiger partial charge in [0.15, 0.2) is 0 Å². The molecule has 0 fully saturated rings. The van der Waals surface area contributed by atoms with Crippen molar-refractivity contribution in [3.8, 4) is 0 Å². The van der Waals surface area contributed by atoms with Crippen LogP contribution in [0.1, 0.15) is 11.1 Å². The monoisotopic (exact) mass is 378 g/mol. The Morgan fingerprint density at radius 2 is 1.12 bits per heavy atom. The summed E-state index contributed by atoms with van der Waals surface area (Å²) in [6.45, 7) is 0. The van der Waals surface area contributed by atoms with E-state index in [9.17, 15) is 31.1 Å². The van der Waals surface area contributed by atoms with E-state index in [0.717, 1.165) is 24.3 Å². The van der Waals surface area contributed by atoms with Crippen molar-refractivity contribution in [3.63, 3.8) is 0 Å². The maximum Gasteiger partial charge on any atom is 0.490 e. The Morgan fingerprint density at radius 1 is 0.769 bits per heavy atom. The normalized spacial score (nSPS) is 13.0. The van der Waals surface area contributed by atoms with Crippen LogP contribution in [0.25, 0.3) is 0 Å². The molecule has 2 aromatic carbocycles. The van der Waals surface area contributed by atoms with E-state index in [-0.39, 0.29) is 11.1 Å². The molecule has 0 aliphatic carbocycles. The summed E-state index contributed by atoms with van der Waals surface area (Å²) in [5, 5.41) is -2.13. The maximum atomic E-state index is 13.0. The number of amides is 1. The van der Waals surface area contributed by atoms with Gasteiger partial charge in [-0.05, 0) is 11.1 Å². The fraction of sp³-hybridized carbons (Fsp3) is 0.188. The molecular formula is C16H12F6N2O2. The van der Waals surface area contributed by atoms with Gasteiger partial charge < -0.3 is 5.73 Å². The highest BCUT2D eigenvalue weighted by atomic mass is 19.4. The molecule has 0 bridgehead atoms. The smallest absolute Gasteiger partial charge is 0.366 e. The van der Waals surface area contributed by atoms with Gasteiger partial charge >= 0.3 is 12.6 Å². The quantitative estimate of drug-likeness (QED) is 0.491. The van der Waals surface area contributed by atoms with E-state index in [2.05, 4.69) is 4.84 Å². The number of hydroxylamine groups is 2. The molecule has 2 N–H and O–H groups in total. The molecule has 2 aromatic rings. The van der Waals surface area contributed by atoms with E-state index in [1.165, 1.54) is 36.4 Å². The Balaban J connectivity index is 2.74. The zero-order valence-electron chi connectivity index (χ0n) is 12.9. The van der Waals surface area contributed by atoms with Crippen molar-refractivity contribution >= 4 is 5.91 Å². The fourth-order valence-corrected chi connectivity index (χ4v) is 2.33. The first kappa shape index (κ1) is 19.7. The number of carbonyl (C=O) groups is 1. The summed E-state index contributed by atoms with van der Waals surface area (Å²) in [5.41, 5.74) is 1.80. The first-order valence-electron chi connectivity index (χ1n) is 7.03. The second kappa shape index (κ2) is 6.96. The van der Waals surface area contributed by atoms with E-state index in [1.54, 1.807) is 0 Å². The number of hydrogen-bond acceptors (Lipinski definition) is 3. The maximum absolute atomic E-state index is 13.0. The minimum atomic E-state index is -5.97. The average molecular weight is 378 g/mol.